The molecule has 0 spiro atoms. The highest BCUT2D eigenvalue weighted by Crippen LogP contribution is 1.91. The number of carbonyl (C=O) groups is 2. The van der Waals surface area contributed by atoms with Gasteiger partial charge in [-0.15, -0.1) is 0 Å². The first kappa shape index (κ1) is 14.3. The zero-order valence-corrected chi connectivity index (χ0v) is 10.4. The van der Waals surface area contributed by atoms with Gasteiger partial charge in [0.1, 0.15) is 0 Å². The summed E-state index contributed by atoms with van der Waals surface area (Å²) in [5, 5.41) is 5.07. The maximum absolute atomic E-state index is 11.2. The number of amides is 2. The van der Waals surface area contributed by atoms with Crippen LogP contribution in [0.2, 0.25) is 0 Å². The van der Waals surface area contributed by atoms with Gasteiger partial charge in [-0.1, -0.05) is 13.8 Å². The van der Waals surface area contributed by atoms with Gasteiger partial charge in [-0.2, -0.15) is 12.6 Å². The van der Waals surface area contributed by atoms with Crippen LogP contribution in [0.25, 0.3) is 0 Å². The SMILES string of the molecule is CC(C)CNC(=O)CCNC(=O)C(C)S. The van der Waals surface area contributed by atoms with Gasteiger partial charge in [-0.05, 0) is 12.8 Å². The third-order valence-electron chi connectivity index (χ3n) is 1.74. The average molecular weight is 232 g/mol. The van der Waals surface area contributed by atoms with Crippen LogP contribution in [0.5, 0.6) is 0 Å². The number of nitrogens with one attached hydrogen (secondary N) is 2. The number of carbonyl (C=O) groups excluding carboxylic acids is 2. The van der Waals surface area contributed by atoms with Gasteiger partial charge in [0.25, 0.3) is 0 Å². The summed E-state index contributed by atoms with van der Waals surface area (Å²) in [7, 11) is 0. The van der Waals surface area contributed by atoms with Gasteiger partial charge >= 0.3 is 0 Å². The van der Waals surface area contributed by atoms with E-state index in [-0.39, 0.29) is 17.1 Å². The molecule has 0 saturated heterocycles. The van der Waals surface area contributed by atoms with Crippen LogP contribution < -0.4 is 10.6 Å². The van der Waals surface area contributed by atoms with Crippen LogP contribution in [-0.2, 0) is 9.59 Å². The average Bonchev–Trinajstić information content (AvgIpc) is 2.14. The lowest BCUT2D eigenvalue weighted by Crippen LogP contribution is -2.34. The molecule has 2 amide bonds. The van der Waals surface area contributed by atoms with Crippen molar-refractivity contribution in [2.75, 3.05) is 13.1 Å². The second-order valence-corrected chi connectivity index (χ2v) is 4.69. The van der Waals surface area contributed by atoms with Gasteiger partial charge in [-0.3, -0.25) is 9.59 Å². The normalized spacial score (nSPS) is 12.3. The third kappa shape index (κ3) is 8.30. The van der Waals surface area contributed by atoms with E-state index in [9.17, 15) is 9.59 Å². The van der Waals surface area contributed by atoms with E-state index in [1.165, 1.54) is 0 Å². The molecule has 1 unspecified atom stereocenters. The lowest BCUT2D eigenvalue weighted by Gasteiger charge is -2.09. The van der Waals surface area contributed by atoms with Crippen molar-refractivity contribution in [2.45, 2.75) is 32.4 Å². The molecule has 15 heavy (non-hydrogen) atoms. The second-order valence-electron chi connectivity index (χ2n) is 3.91. The van der Waals surface area contributed by atoms with E-state index in [0.717, 1.165) is 0 Å². The Morgan fingerprint density at radius 2 is 1.80 bits per heavy atom. The Morgan fingerprint density at radius 3 is 2.27 bits per heavy atom. The van der Waals surface area contributed by atoms with Crippen LogP contribution >= 0.6 is 12.6 Å². The summed E-state index contributed by atoms with van der Waals surface area (Å²) in [6.45, 7) is 6.80. The predicted octanol–water partition coefficient (Wildman–Crippen LogP) is 0.583. The summed E-state index contributed by atoms with van der Waals surface area (Å²) in [4.78, 5) is 22.3. The maximum atomic E-state index is 11.2. The fourth-order valence-electron chi connectivity index (χ4n) is 0.853. The number of hydrogen-bond donors (Lipinski definition) is 3. The molecule has 0 aromatic carbocycles. The molecule has 0 aliphatic carbocycles. The molecule has 4 nitrogen and oxygen atoms in total. The summed E-state index contributed by atoms with van der Waals surface area (Å²) < 4.78 is 0. The minimum Gasteiger partial charge on any atom is -0.356 e. The van der Waals surface area contributed by atoms with Crippen LogP contribution in [0, 0.1) is 5.92 Å². The smallest absolute Gasteiger partial charge is 0.232 e. The van der Waals surface area contributed by atoms with Gasteiger partial charge in [0.2, 0.25) is 11.8 Å². The summed E-state index contributed by atoms with van der Waals surface area (Å²) in [6, 6.07) is 0. The Labute approximate surface area is 96.6 Å². The van der Waals surface area contributed by atoms with E-state index in [1.807, 2.05) is 13.8 Å². The first-order valence-electron chi connectivity index (χ1n) is 5.16. The first-order valence-corrected chi connectivity index (χ1v) is 5.67. The maximum Gasteiger partial charge on any atom is 0.232 e. The molecule has 0 aromatic heterocycles. The predicted molar refractivity (Wildman–Crippen MR) is 63.9 cm³/mol. The highest BCUT2D eigenvalue weighted by molar-refractivity contribution is 7.81. The van der Waals surface area contributed by atoms with Gasteiger partial charge in [-0.25, -0.2) is 0 Å². The van der Waals surface area contributed by atoms with Crippen molar-refractivity contribution in [1.82, 2.24) is 10.6 Å². The van der Waals surface area contributed by atoms with Crippen molar-refractivity contribution in [2.24, 2.45) is 5.92 Å². The molecule has 0 radical (unpaired) electrons. The van der Waals surface area contributed by atoms with E-state index in [2.05, 4.69) is 23.3 Å². The second kappa shape index (κ2) is 7.56. The van der Waals surface area contributed by atoms with Crippen molar-refractivity contribution in [3.8, 4) is 0 Å². The monoisotopic (exact) mass is 232 g/mol. The largest absolute Gasteiger partial charge is 0.356 e. The van der Waals surface area contributed by atoms with Crippen molar-refractivity contribution in [3.63, 3.8) is 0 Å². The number of rotatable bonds is 6. The fourth-order valence-corrected chi connectivity index (χ4v) is 0.945. The molecule has 0 fully saturated rings. The van der Waals surface area contributed by atoms with Crippen molar-refractivity contribution in [1.29, 1.82) is 0 Å². The Bertz CT molecular complexity index is 217. The molecule has 0 heterocycles. The highest BCUT2D eigenvalue weighted by Gasteiger charge is 2.07. The van der Waals surface area contributed by atoms with Crippen LogP contribution in [0.4, 0.5) is 0 Å². The topological polar surface area (TPSA) is 58.2 Å². The summed E-state index contributed by atoms with van der Waals surface area (Å²) in [5.74, 6) is 0.270. The van der Waals surface area contributed by atoms with Crippen molar-refractivity contribution in [3.05, 3.63) is 0 Å². The highest BCUT2D eigenvalue weighted by atomic mass is 32.1. The number of thiol groups is 1. The van der Waals surface area contributed by atoms with E-state index < -0.39 is 0 Å². The van der Waals surface area contributed by atoms with Crippen LogP contribution in [0.3, 0.4) is 0 Å². The molecule has 2 N–H and O–H groups in total. The Morgan fingerprint density at radius 1 is 1.20 bits per heavy atom. The molecular weight excluding hydrogens is 212 g/mol. The van der Waals surface area contributed by atoms with Crippen molar-refractivity contribution >= 4 is 24.4 Å². The lowest BCUT2D eigenvalue weighted by molar-refractivity contribution is -0.122. The van der Waals surface area contributed by atoms with Crippen LogP contribution in [0.1, 0.15) is 27.2 Å². The minimum absolute atomic E-state index is 0.0317. The zero-order chi connectivity index (χ0) is 11.8. The molecule has 1 atom stereocenters. The van der Waals surface area contributed by atoms with Crippen LogP contribution in [0.15, 0.2) is 0 Å². The van der Waals surface area contributed by atoms with Crippen molar-refractivity contribution < 1.29 is 9.59 Å². The standard InChI is InChI=1S/C10H20N2O2S/c1-7(2)6-12-9(13)4-5-11-10(14)8(3)15/h7-8,15H,4-6H2,1-3H3,(H,11,14)(H,12,13). The molecule has 0 rings (SSSR count). The van der Waals surface area contributed by atoms with Gasteiger partial charge in [0.15, 0.2) is 0 Å². The summed E-state index contributed by atoms with van der Waals surface area (Å²) >= 11 is 3.97. The molecular formula is C10H20N2O2S. The van der Waals surface area contributed by atoms with Gasteiger partial charge in [0.05, 0.1) is 5.25 Å². The van der Waals surface area contributed by atoms with Crippen LogP contribution in [-0.4, -0.2) is 30.2 Å². The Balaban J connectivity index is 3.51. The summed E-state index contributed by atoms with van der Waals surface area (Å²) in [5.41, 5.74) is 0. The Hall–Kier alpha value is -0.710. The van der Waals surface area contributed by atoms with Gasteiger partial charge in [0, 0.05) is 19.5 Å². The molecule has 88 valence electrons. The van der Waals surface area contributed by atoms with Gasteiger partial charge < -0.3 is 10.6 Å². The molecule has 0 bridgehead atoms. The zero-order valence-electron chi connectivity index (χ0n) is 9.54. The third-order valence-corrected chi connectivity index (χ3v) is 1.97. The summed E-state index contributed by atoms with van der Waals surface area (Å²) in [6.07, 6.45) is 0.318. The fraction of sp³-hybridized carbons (Fsp3) is 0.800. The number of hydrogen-bond acceptors (Lipinski definition) is 3. The quantitative estimate of drug-likeness (QED) is 0.587. The van der Waals surface area contributed by atoms with E-state index >= 15 is 0 Å². The molecule has 0 aromatic rings. The first-order chi connectivity index (χ1) is 6.93. The Kier molecular flexibility index (Phi) is 7.21. The molecule has 5 heteroatoms. The molecule has 0 aliphatic rings. The van der Waals surface area contributed by atoms with E-state index in [1.54, 1.807) is 6.92 Å². The lowest BCUT2D eigenvalue weighted by atomic mass is 10.2. The minimum atomic E-state index is -0.330. The molecule has 0 aliphatic heterocycles. The van der Waals surface area contributed by atoms with E-state index in [0.29, 0.717) is 25.4 Å². The van der Waals surface area contributed by atoms with E-state index in [4.69, 9.17) is 0 Å². The molecule has 0 saturated carbocycles.